The molecular weight excluding hydrogens is 274 g/mol. The highest BCUT2D eigenvalue weighted by Gasteiger charge is 2.53. The summed E-state index contributed by atoms with van der Waals surface area (Å²) in [5.74, 6) is -0.483. The van der Waals surface area contributed by atoms with Gasteiger partial charge in [0.15, 0.2) is 0 Å². The highest BCUT2D eigenvalue weighted by Crippen LogP contribution is 2.32. The first-order valence-electron chi connectivity index (χ1n) is 7.87. The van der Waals surface area contributed by atoms with Crippen LogP contribution in [-0.2, 0) is 19.0 Å². The molecule has 1 atom stereocenters. The molecule has 0 N–H and O–H groups in total. The first-order chi connectivity index (χ1) is 10.1. The van der Waals surface area contributed by atoms with Crippen LogP contribution in [0, 0.1) is 0 Å². The molecule has 0 aromatic rings. The van der Waals surface area contributed by atoms with E-state index >= 15 is 0 Å². The molecule has 1 amide bonds. The predicted molar refractivity (Wildman–Crippen MR) is 77.8 cm³/mol. The fourth-order valence-corrected chi connectivity index (χ4v) is 2.38. The zero-order chi connectivity index (χ0) is 15.7. The van der Waals surface area contributed by atoms with Gasteiger partial charge in [0.2, 0.25) is 5.72 Å². The molecule has 0 aliphatic carbocycles. The van der Waals surface area contributed by atoms with Crippen molar-refractivity contribution in [1.82, 2.24) is 4.90 Å². The van der Waals surface area contributed by atoms with Gasteiger partial charge in [0.1, 0.15) is 0 Å². The van der Waals surface area contributed by atoms with Gasteiger partial charge in [-0.3, -0.25) is 4.90 Å². The van der Waals surface area contributed by atoms with Crippen LogP contribution < -0.4 is 0 Å². The smallest absolute Gasteiger partial charge is 0.412 e. The van der Waals surface area contributed by atoms with Crippen molar-refractivity contribution >= 4 is 12.1 Å². The highest BCUT2D eigenvalue weighted by atomic mass is 16.6. The highest BCUT2D eigenvalue weighted by molar-refractivity contribution is 5.85. The molecule has 1 rings (SSSR count). The maximum Gasteiger partial charge on any atom is 0.412 e. The Morgan fingerprint density at radius 2 is 1.86 bits per heavy atom. The van der Waals surface area contributed by atoms with E-state index in [2.05, 4.69) is 0 Å². The van der Waals surface area contributed by atoms with E-state index in [0.29, 0.717) is 39.2 Å². The number of esters is 1. The molecule has 1 aliphatic heterocycles. The number of unbranched alkanes of at least 4 members (excludes halogenated alkanes) is 1. The van der Waals surface area contributed by atoms with Crippen LogP contribution in [0.15, 0.2) is 0 Å². The third-order valence-electron chi connectivity index (χ3n) is 3.42. The zero-order valence-electron chi connectivity index (χ0n) is 13.4. The molecule has 21 heavy (non-hydrogen) atoms. The second kappa shape index (κ2) is 8.87. The van der Waals surface area contributed by atoms with Gasteiger partial charge in [-0.2, -0.15) is 0 Å². The number of hydrogen-bond acceptors (Lipinski definition) is 5. The van der Waals surface area contributed by atoms with Gasteiger partial charge in [0, 0.05) is 19.6 Å². The molecule has 0 radical (unpaired) electrons. The number of carbonyl (C=O) groups is 2. The molecule has 122 valence electrons. The maximum absolute atomic E-state index is 12.4. The topological polar surface area (TPSA) is 65.1 Å². The number of amides is 1. The van der Waals surface area contributed by atoms with Crippen LogP contribution in [0.1, 0.15) is 52.9 Å². The van der Waals surface area contributed by atoms with Gasteiger partial charge in [-0.1, -0.05) is 20.3 Å². The Morgan fingerprint density at radius 1 is 1.10 bits per heavy atom. The summed E-state index contributed by atoms with van der Waals surface area (Å²) in [6.45, 7) is 7.22. The second-order valence-corrected chi connectivity index (χ2v) is 5.08. The van der Waals surface area contributed by atoms with Crippen LogP contribution in [0.25, 0.3) is 0 Å². The number of rotatable bonds is 8. The van der Waals surface area contributed by atoms with Gasteiger partial charge in [-0.25, -0.2) is 9.59 Å². The second-order valence-electron chi connectivity index (χ2n) is 5.08. The molecule has 0 aromatic carbocycles. The lowest BCUT2D eigenvalue weighted by atomic mass is 10.1. The molecule has 0 bridgehead atoms. The molecular formula is C15H27NO5. The van der Waals surface area contributed by atoms with E-state index in [-0.39, 0.29) is 0 Å². The van der Waals surface area contributed by atoms with Crippen molar-refractivity contribution in [2.75, 3.05) is 26.4 Å². The Hall–Kier alpha value is -1.30. The lowest BCUT2D eigenvalue weighted by Gasteiger charge is -2.34. The SMILES string of the molecule is CCCCOC(=O)[C@]1(OCC)CCCN1C(=O)OCCC. The van der Waals surface area contributed by atoms with E-state index in [1.54, 1.807) is 6.92 Å². The van der Waals surface area contributed by atoms with Crippen molar-refractivity contribution in [1.29, 1.82) is 0 Å². The molecule has 1 fully saturated rings. The van der Waals surface area contributed by atoms with Gasteiger partial charge in [-0.05, 0) is 26.2 Å². The quantitative estimate of drug-likeness (QED) is 0.509. The molecule has 1 heterocycles. The Labute approximate surface area is 126 Å². The van der Waals surface area contributed by atoms with E-state index in [0.717, 1.165) is 19.3 Å². The minimum absolute atomic E-state index is 0.334. The fraction of sp³-hybridized carbons (Fsp3) is 0.867. The standard InChI is InChI=1S/C15H27NO5/c1-4-7-12-19-13(17)15(21-6-3)9-8-10-16(15)14(18)20-11-5-2/h4-12H2,1-3H3/t15-/m1/s1. The summed E-state index contributed by atoms with van der Waals surface area (Å²) < 4.78 is 16.1. The Balaban J connectivity index is 2.80. The summed E-state index contributed by atoms with van der Waals surface area (Å²) in [6.07, 6.45) is 3.13. The van der Waals surface area contributed by atoms with Crippen LogP contribution in [0.3, 0.4) is 0 Å². The van der Waals surface area contributed by atoms with Crippen LogP contribution in [0.4, 0.5) is 4.79 Å². The summed E-state index contributed by atoms with van der Waals surface area (Å²) in [6, 6.07) is 0. The number of nitrogens with zero attached hydrogens (tertiary/aromatic N) is 1. The normalized spacial score (nSPS) is 21.4. The van der Waals surface area contributed by atoms with Gasteiger partial charge >= 0.3 is 12.1 Å². The summed E-state index contributed by atoms with van der Waals surface area (Å²) in [7, 11) is 0. The monoisotopic (exact) mass is 301 g/mol. The largest absolute Gasteiger partial charge is 0.462 e. The molecule has 1 saturated heterocycles. The first-order valence-corrected chi connectivity index (χ1v) is 7.87. The maximum atomic E-state index is 12.4. The average molecular weight is 301 g/mol. The van der Waals surface area contributed by atoms with Crippen molar-refractivity contribution in [3.63, 3.8) is 0 Å². The van der Waals surface area contributed by atoms with E-state index < -0.39 is 17.8 Å². The number of carbonyl (C=O) groups excluding carboxylic acids is 2. The van der Waals surface area contributed by atoms with Crippen molar-refractivity contribution in [2.45, 2.75) is 58.6 Å². The molecule has 0 saturated carbocycles. The van der Waals surface area contributed by atoms with Crippen LogP contribution in [0.5, 0.6) is 0 Å². The predicted octanol–water partition coefficient (Wildman–Crippen LogP) is 2.70. The van der Waals surface area contributed by atoms with E-state index in [1.807, 2.05) is 13.8 Å². The first kappa shape index (κ1) is 17.8. The lowest BCUT2D eigenvalue weighted by Crippen LogP contribution is -2.56. The average Bonchev–Trinajstić information content (AvgIpc) is 2.90. The molecule has 6 nitrogen and oxygen atoms in total. The number of hydrogen-bond donors (Lipinski definition) is 0. The fourth-order valence-electron chi connectivity index (χ4n) is 2.38. The van der Waals surface area contributed by atoms with Crippen molar-refractivity contribution < 1.29 is 23.8 Å². The number of likely N-dealkylation sites (tertiary alicyclic amines) is 1. The molecule has 6 heteroatoms. The number of ether oxygens (including phenoxy) is 3. The lowest BCUT2D eigenvalue weighted by molar-refractivity contribution is -0.191. The Kier molecular flexibility index (Phi) is 7.50. The molecule has 0 spiro atoms. The van der Waals surface area contributed by atoms with E-state index in [4.69, 9.17) is 14.2 Å². The third kappa shape index (κ3) is 4.33. The summed E-state index contributed by atoms with van der Waals surface area (Å²) in [5.41, 5.74) is -1.31. The van der Waals surface area contributed by atoms with Crippen LogP contribution >= 0.6 is 0 Å². The van der Waals surface area contributed by atoms with Crippen LogP contribution in [0.2, 0.25) is 0 Å². The molecule has 0 aromatic heterocycles. The summed E-state index contributed by atoms with van der Waals surface area (Å²) >= 11 is 0. The summed E-state index contributed by atoms with van der Waals surface area (Å²) in [5, 5.41) is 0. The van der Waals surface area contributed by atoms with E-state index in [1.165, 1.54) is 4.90 Å². The van der Waals surface area contributed by atoms with Gasteiger partial charge in [0.05, 0.1) is 13.2 Å². The van der Waals surface area contributed by atoms with Gasteiger partial charge < -0.3 is 14.2 Å². The minimum Gasteiger partial charge on any atom is -0.462 e. The Morgan fingerprint density at radius 3 is 2.48 bits per heavy atom. The zero-order valence-corrected chi connectivity index (χ0v) is 13.4. The van der Waals surface area contributed by atoms with E-state index in [9.17, 15) is 9.59 Å². The van der Waals surface area contributed by atoms with Crippen molar-refractivity contribution in [3.8, 4) is 0 Å². The van der Waals surface area contributed by atoms with Gasteiger partial charge in [0.25, 0.3) is 0 Å². The molecule has 0 unspecified atom stereocenters. The van der Waals surface area contributed by atoms with Crippen molar-refractivity contribution in [3.05, 3.63) is 0 Å². The van der Waals surface area contributed by atoms with Crippen LogP contribution in [-0.4, -0.2) is 49.1 Å². The van der Waals surface area contributed by atoms with Crippen molar-refractivity contribution in [2.24, 2.45) is 0 Å². The van der Waals surface area contributed by atoms with Gasteiger partial charge in [-0.15, -0.1) is 0 Å². The summed E-state index contributed by atoms with van der Waals surface area (Å²) in [4.78, 5) is 25.9. The molecule has 1 aliphatic rings. The Bertz CT molecular complexity index is 347. The third-order valence-corrected chi connectivity index (χ3v) is 3.42. The minimum atomic E-state index is -1.31.